The molecule has 0 heterocycles. The molecular formula is H3AsO4Os. The summed E-state index contributed by atoms with van der Waals surface area (Å²) in [4.78, 5) is 0. The topological polar surface area (TPSA) is 77.8 Å². The number of hydrogen-bond acceptors (Lipinski definition) is 1. The summed E-state index contributed by atoms with van der Waals surface area (Å²) in [6.45, 7) is 0. The van der Waals surface area contributed by atoms with E-state index in [0.717, 1.165) is 0 Å². The van der Waals surface area contributed by atoms with Gasteiger partial charge in [-0.1, -0.05) is 0 Å². The Kier molecular flexibility index (Phi) is 4.92. The van der Waals surface area contributed by atoms with Crippen molar-refractivity contribution in [2.75, 3.05) is 0 Å². The van der Waals surface area contributed by atoms with E-state index in [1.165, 1.54) is 0 Å². The summed E-state index contributed by atoms with van der Waals surface area (Å²) in [5.41, 5.74) is 0. The van der Waals surface area contributed by atoms with Crippen molar-refractivity contribution in [3.63, 3.8) is 0 Å². The molecule has 0 rings (SSSR count). The molecule has 40 valence electrons. The molecule has 6 heteroatoms. The van der Waals surface area contributed by atoms with E-state index in [9.17, 15) is 0 Å². The molecular weight excluding hydrogens is 329 g/mol. The van der Waals surface area contributed by atoms with Gasteiger partial charge in [0.05, 0.1) is 0 Å². The molecule has 0 unspecified atom stereocenters. The smallest absolute Gasteiger partial charge is 0 e. The Morgan fingerprint density at radius 3 is 1.17 bits per heavy atom. The van der Waals surface area contributed by atoms with E-state index < -0.39 is 14.5 Å². The second kappa shape index (κ2) is 2.95. The fraction of sp³-hybridized carbons (Fsp3) is 0. The molecule has 4 nitrogen and oxygen atoms in total. The molecule has 0 atom stereocenters. The van der Waals surface area contributed by atoms with Gasteiger partial charge in [-0.25, -0.2) is 0 Å². The van der Waals surface area contributed by atoms with Crippen LogP contribution in [0, 0.1) is 0 Å². The summed E-state index contributed by atoms with van der Waals surface area (Å²) in [6, 6.07) is 0. The first-order valence-corrected chi connectivity index (χ1v) is 4.07. The molecule has 0 aliphatic rings. The predicted octanol–water partition coefficient (Wildman–Crippen LogP) is -2.17. The van der Waals surface area contributed by atoms with Crippen molar-refractivity contribution in [3.8, 4) is 0 Å². The molecule has 0 aromatic rings. The average Bonchev–Trinajstić information content (AvgIpc) is 0.722. The van der Waals surface area contributed by atoms with Gasteiger partial charge in [-0.3, -0.25) is 0 Å². The Hall–Kier alpha value is 0.875. The Morgan fingerprint density at radius 1 is 1.17 bits per heavy atom. The number of hydrogen-bond donors (Lipinski definition) is 3. The van der Waals surface area contributed by atoms with Gasteiger partial charge in [0, 0.05) is 19.8 Å². The van der Waals surface area contributed by atoms with Crippen LogP contribution in [0.5, 0.6) is 0 Å². The van der Waals surface area contributed by atoms with E-state index in [0.29, 0.717) is 0 Å². The van der Waals surface area contributed by atoms with Gasteiger partial charge in [0.25, 0.3) is 0 Å². The minimum atomic E-state index is -5.12. The molecule has 0 spiro atoms. The quantitative estimate of drug-likeness (QED) is 0.441. The van der Waals surface area contributed by atoms with Crippen molar-refractivity contribution >= 4 is 14.5 Å². The van der Waals surface area contributed by atoms with E-state index in [1.807, 2.05) is 0 Å². The third-order valence-electron chi connectivity index (χ3n) is 0. The third kappa shape index (κ3) is 95.6. The van der Waals surface area contributed by atoms with Gasteiger partial charge >= 0.3 is 30.5 Å². The summed E-state index contributed by atoms with van der Waals surface area (Å²) in [6.07, 6.45) is 0. The van der Waals surface area contributed by atoms with Crippen LogP contribution in [0.3, 0.4) is 0 Å². The summed E-state index contributed by atoms with van der Waals surface area (Å²) < 4.78 is 30.7. The molecule has 6 heavy (non-hydrogen) atoms. The van der Waals surface area contributed by atoms with Gasteiger partial charge in [0.15, 0.2) is 0 Å². The standard InChI is InChI=1S/AsH3O4.Os/c2-1(3,4)5;/h(H3,2,3,4,5);. The fourth-order valence-corrected chi connectivity index (χ4v) is 0. The first-order valence-electron chi connectivity index (χ1n) is 0.783. The summed E-state index contributed by atoms with van der Waals surface area (Å²) in [5.74, 6) is 0. The van der Waals surface area contributed by atoms with Crippen molar-refractivity contribution in [1.82, 2.24) is 0 Å². The molecule has 0 aromatic carbocycles. The van der Waals surface area contributed by atoms with E-state index in [-0.39, 0.29) is 19.8 Å². The molecule has 0 bridgehead atoms. The zero-order valence-corrected chi connectivity index (χ0v) is 6.97. The van der Waals surface area contributed by atoms with Crippen molar-refractivity contribution in [3.05, 3.63) is 0 Å². The zero-order chi connectivity index (χ0) is 4.50. The van der Waals surface area contributed by atoms with Gasteiger partial charge in [-0.15, -0.1) is 0 Å². The molecule has 3 N–H and O–H groups in total. The van der Waals surface area contributed by atoms with Crippen LogP contribution >= 0.6 is 0 Å². The van der Waals surface area contributed by atoms with Crippen LogP contribution in [-0.4, -0.2) is 26.8 Å². The Bertz CT molecular complexity index is 53.7. The van der Waals surface area contributed by atoms with Crippen molar-refractivity contribution in [2.45, 2.75) is 0 Å². The van der Waals surface area contributed by atoms with Crippen molar-refractivity contribution in [1.29, 1.82) is 0 Å². The maximum atomic E-state index is 8.94. The van der Waals surface area contributed by atoms with E-state index in [2.05, 4.69) is 0 Å². The third-order valence-corrected chi connectivity index (χ3v) is 0. The van der Waals surface area contributed by atoms with Crippen LogP contribution in [0.25, 0.3) is 0 Å². The SMILES string of the molecule is O=[As](O)(O)O.[Os]. The van der Waals surface area contributed by atoms with Crippen molar-refractivity contribution in [2.24, 2.45) is 0 Å². The van der Waals surface area contributed by atoms with Gasteiger partial charge in [-0.05, 0) is 0 Å². The summed E-state index contributed by atoms with van der Waals surface area (Å²) in [5, 5.41) is 0. The van der Waals surface area contributed by atoms with Gasteiger partial charge in [0.1, 0.15) is 0 Å². The minimum Gasteiger partial charge on any atom is 0 e. The average molecular weight is 332 g/mol. The molecule has 0 amide bonds. The summed E-state index contributed by atoms with van der Waals surface area (Å²) >= 11 is -5.12. The molecule has 0 saturated carbocycles. The molecule has 0 saturated heterocycles. The first kappa shape index (κ1) is 9.98. The van der Waals surface area contributed by atoms with Crippen molar-refractivity contribution < 1.29 is 35.8 Å². The monoisotopic (exact) mass is 334 g/mol. The zero-order valence-electron chi connectivity index (χ0n) is 2.55. The largest absolute Gasteiger partial charge is 0 e. The fourth-order valence-electron chi connectivity index (χ4n) is 0. The maximum Gasteiger partial charge on any atom is 0 e. The van der Waals surface area contributed by atoms with Gasteiger partial charge in [-0.2, -0.15) is 0 Å². The van der Waals surface area contributed by atoms with Crippen LogP contribution in [0.4, 0.5) is 0 Å². The molecule has 0 fully saturated rings. The molecule has 0 aliphatic heterocycles. The van der Waals surface area contributed by atoms with Crippen LogP contribution in [-0.2, 0) is 23.5 Å². The van der Waals surface area contributed by atoms with Crippen LogP contribution < -0.4 is 0 Å². The van der Waals surface area contributed by atoms with Gasteiger partial charge < -0.3 is 0 Å². The van der Waals surface area contributed by atoms with E-state index in [1.54, 1.807) is 0 Å². The first-order chi connectivity index (χ1) is 2.00. The Labute approximate surface area is 50.6 Å². The Balaban J connectivity index is 0. The normalized spacial score (nSPS) is 9.83. The van der Waals surface area contributed by atoms with E-state index in [4.69, 9.17) is 16.0 Å². The Morgan fingerprint density at radius 2 is 1.17 bits per heavy atom. The summed E-state index contributed by atoms with van der Waals surface area (Å²) in [7, 11) is 0. The van der Waals surface area contributed by atoms with Crippen LogP contribution in [0.2, 0.25) is 0 Å². The second-order valence-corrected chi connectivity index (χ2v) is 2.67. The van der Waals surface area contributed by atoms with E-state index >= 15 is 0 Å². The molecule has 0 radical (unpaired) electrons. The van der Waals surface area contributed by atoms with Gasteiger partial charge in [0.2, 0.25) is 0 Å². The van der Waals surface area contributed by atoms with Crippen LogP contribution in [0.1, 0.15) is 0 Å². The maximum absolute atomic E-state index is 8.94. The number of rotatable bonds is 0. The molecule has 0 aliphatic carbocycles. The minimum absolute atomic E-state index is 0. The van der Waals surface area contributed by atoms with Crippen LogP contribution in [0.15, 0.2) is 0 Å². The molecule has 0 aromatic heterocycles. The predicted molar refractivity (Wildman–Crippen MR) is 13.1 cm³/mol. The second-order valence-electron chi connectivity index (χ2n) is 0.513.